The molecule has 3 heterocycles. The number of halogens is 2. The fourth-order valence-corrected chi connectivity index (χ4v) is 15.6. The van der Waals surface area contributed by atoms with E-state index in [0.717, 1.165) is 42.1 Å². The van der Waals surface area contributed by atoms with Gasteiger partial charge in [0.1, 0.15) is 24.4 Å². The number of aliphatic carboxylic acids is 2. The number of alkyl halides is 1. The van der Waals surface area contributed by atoms with E-state index in [1.54, 1.807) is 22.6 Å². The Hall–Kier alpha value is -8.30. The second kappa shape index (κ2) is 35.3. The summed E-state index contributed by atoms with van der Waals surface area (Å²) in [6.45, 7) is 5.65. The quantitative estimate of drug-likeness (QED) is 0.00846. The smallest absolute Gasteiger partial charge is 0.305 e. The number of carboxylic acids is 2. The van der Waals surface area contributed by atoms with Crippen molar-refractivity contribution in [1.82, 2.24) is 36.3 Å². The Balaban J connectivity index is 1.12. The number of rotatable bonds is 31. The summed E-state index contributed by atoms with van der Waals surface area (Å²) in [4.78, 5) is 115. The first-order chi connectivity index (χ1) is 43.5. The van der Waals surface area contributed by atoms with Gasteiger partial charge in [0.25, 0.3) is 5.91 Å². The molecule has 3 aliphatic rings. The number of hydroxylamine groups is 2. The molecule has 91 heavy (non-hydrogen) atoms. The zero-order valence-electron chi connectivity index (χ0n) is 50.4. The highest BCUT2D eigenvalue weighted by Gasteiger charge is 2.36. The monoisotopic (exact) mass is 1490 g/mol. The molecule has 0 fully saturated rings. The number of carbonyl (C=O) groups is 9. The molecule has 0 bridgehead atoms. The molecule has 1 aromatic heterocycles. The lowest BCUT2D eigenvalue weighted by Gasteiger charge is -2.30. The van der Waals surface area contributed by atoms with Crippen LogP contribution < -0.4 is 37.8 Å². The third-order valence-corrected chi connectivity index (χ3v) is 20.9. The number of amides is 6. The number of carbonyl (C=O) groups excluding carboxylic acids is 7. The Morgan fingerprint density at radius 3 is 2.46 bits per heavy atom. The fourth-order valence-electron chi connectivity index (χ4n) is 10.1. The summed E-state index contributed by atoms with van der Waals surface area (Å²) in [5.74, 6) is 13.2. The lowest BCUT2D eigenvalue weighted by Crippen LogP contribution is -3.12. The van der Waals surface area contributed by atoms with Gasteiger partial charge in [-0.2, -0.15) is 0 Å². The van der Waals surface area contributed by atoms with Crippen molar-refractivity contribution in [2.75, 3.05) is 24.1 Å². The topological polar surface area (TPSA) is 401 Å². The number of carboxylic acid groups (broad SMARTS) is 2. The van der Waals surface area contributed by atoms with E-state index in [9.17, 15) is 53.5 Å². The van der Waals surface area contributed by atoms with E-state index in [1.165, 1.54) is 45.0 Å². The van der Waals surface area contributed by atoms with Gasteiger partial charge in [0.05, 0.1) is 41.7 Å². The van der Waals surface area contributed by atoms with Crippen molar-refractivity contribution in [2.24, 2.45) is 27.5 Å². The summed E-state index contributed by atoms with van der Waals surface area (Å²) in [6, 6.07) is 7.60. The number of aromatic nitrogens is 3. The number of fused-ring (bicyclic) bond motifs is 3. The summed E-state index contributed by atoms with van der Waals surface area (Å²) in [5, 5.41) is 54.1. The number of primary amides is 2. The average molecular weight is 1490 g/mol. The van der Waals surface area contributed by atoms with Gasteiger partial charge in [-0.05, 0) is 105 Å². The first kappa shape index (κ1) is 71.8. The first-order valence-corrected chi connectivity index (χ1v) is 35.2. The molecule has 0 spiro atoms. The molecule has 6 amide bonds. The molecule has 28 heteroatoms. The number of nitrogens with two attached hydrogens (primary N) is 2. The van der Waals surface area contributed by atoms with Gasteiger partial charge in [-0.1, -0.05) is 111 Å². The van der Waals surface area contributed by atoms with Gasteiger partial charge in [0.2, 0.25) is 29.5 Å². The lowest BCUT2D eigenvalue weighted by atomic mass is 9.82. The van der Waals surface area contributed by atoms with Crippen LogP contribution in [-0.4, -0.2) is 148 Å². The second-order valence-electron chi connectivity index (χ2n) is 21.4. The van der Waals surface area contributed by atoms with Crippen LogP contribution in [0.4, 0.5) is 0 Å². The number of hydrogen-bond donors (Lipinski definition) is 9. The summed E-state index contributed by atoms with van der Waals surface area (Å²) >= 11 is 2.07. The molecule has 3 unspecified atom stereocenters. The minimum Gasteiger partial charge on any atom is -0.634 e. The van der Waals surface area contributed by atoms with Crippen LogP contribution in [0.15, 0.2) is 101 Å². The minimum atomic E-state index is -2.14. The molecule has 0 radical (unpaired) electrons. The molecular weight excluding hydrogens is 1420 g/mol. The summed E-state index contributed by atoms with van der Waals surface area (Å²) in [7, 11) is 0. The zero-order valence-corrected chi connectivity index (χ0v) is 55.5. The largest absolute Gasteiger partial charge is 0.634 e. The van der Waals surface area contributed by atoms with Gasteiger partial charge in [-0.3, -0.25) is 48.0 Å². The highest BCUT2D eigenvalue weighted by atomic mass is 127. The maximum atomic E-state index is 13.1. The van der Waals surface area contributed by atoms with Crippen LogP contribution in [0, 0.1) is 34.8 Å². The number of allylic oxidation sites excluding steroid dienone is 10. The molecule has 6 rings (SSSR count). The SMILES string of the molecule is C=I1=CC2=C(C=C1C#CCCn1cc(CCC(=O)NC(CC(=O)O)C(=O)NCC(=O)N[C@@H](CCC(=O)O)C(=O)N[C@@H](C)C(N)=O)nn1)/C(=C1\c3c(ccc4ccccc34)CC1C)C(/C(C)=C\C#CCCN=CC(CCC[NH+]([O-])[C@H](CC=O)C(N)=O)=N[NH-])=C(CI)S2. The minimum absolute atomic E-state index is 0.0148. The number of nitrogens with one attached hydrogen (secondary N) is 6. The van der Waals surface area contributed by atoms with Crippen molar-refractivity contribution in [3.63, 3.8) is 0 Å². The maximum absolute atomic E-state index is 13.1. The average Bonchev–Trinajstić information content (AvgIpc) is 1.72. The van der Waals surface area contributed by atoms with Gasteiger partial charge < -0.3 is 69.0 Å². The number of thioether (sulfide) groups is 1. The Kier molecular flexibility index (Phi) is 27.9. The van der Waals surface area contributed by atoms with Gasteiger partial charge in [-0.25, -0.2) is 0 Å². The van der Waals surface area contributed by atoms with Crippen molar-refractivity contribution in [3.8, 4) is 23.7 Å². The molecule has 3 aromatic rings. The Labute approximate surface area is 550 Å². The first-order valence-electron chi connectivity index (χ1n) is 29.0. The fraction of sp³-hybridized carbons (Fsp3) is 0.381. The van der Waals surface area contributed by atoms with Crippen molar-refractivity contribution in [3.05, 3.63) is 118 Å². The van der Waals surface area contributed by atoms with Crippen LogP contribution >= 0.6 is 53.2 Å². The molecule has 1 aliphatic carbocycles. The third kappa shape index (κ3) is 20.9. The Morgan fingerprint density at radius 1 is 1.00 bits per heavy atom. The van der Waals surface area contributed by atoms with E-state index >= 15 is 0 Å². The van der Waals surface area contributed by atoms with Crippen LogP contribution in [0.25, 0.3) is 22.2 Å². The van der Waals surface area contributed by atoms with E-state index in [-0.39, 0.29) is 44.6 Å². The van der Waals surface area contributed by atoms with Crippen molar-refractivity contribution in [2.45, 2.75) is 122 Å². The molecule has 12 N–H and O–H groups in total. The van der Waals surface area contributed by atoms with E-state index < -0.39 is 115 Å². The van der Waals surface area contributed by atoms with Crippen LogP contribution in [-0.2, 0) is 62.5 Å². The molecule has 2 aromatic carbocycles. The number of nitrogens with zero attached hydrogens (tertiary/aromatic N) is 5. The number of benzene rings is 2. The summed E-state index contributed by atoms with van der Waals surface area (Å²) < 4.78 is 10.4. The second-order valence-corrected chi connectivity index (χ2v) is 27.3. The Morgan fingerprint density at radius 2 is 1.76 bits per heavy atom. The normalized spacial score (nSPS) is 17.3. The molecule has 482 valence electrons. The van der Waals surface area contributed by atoms with Gasteiger partial charge in [0, 0.05) is 77.4 Å². The molecule has 0 saturated carbocycles. The molecule has 25 nitrogen and oxygen atoms in total. The summed E-state index contributed by atoms with van der Waals surface area (Å²) in [6.07, 6.45) is 8.08. The number of aliphatic imine (C=N–C) groups is 1. The Bertz CT molecular complexity index is 3800. The lowest BCUT2D eigenvalue weighted by molar-refractivity contribution is -0.864. The van der Waals surface area contributed by atoms with Gasteiger partial charge in [0.15, 0.2) is 6.04 Å². The maximum Gasteiger partial charge on any atom is 0.305 e. The van der Waals surface area contributed by atoms with E-state index in [1.807, 2.05) is 6.08 Å². The predicted molar refractivity (Wildman–Crippen MR) is 366 cm³/mol. The van der Waals surface area contributed by atoms with Crippen molar-refractivity contribution < 1.29 is 58.4 Å². The van der Waals surface area contributed by atoms with Crippen LogP contribution in [0.5, 0.6) is 0 Å². The van der Waals surface area contributed by atoms with Gasteiger partial charge >= 0.3 is 11.9 Å². The van der Waals surface area contributed by atoms with Crippen LogP contribution in [0.3, 0.4) is 0 Å². The van der Waals surface area contributed by atoms with Crippen LogP contribution in [0.1, 0.15) is 95.4 Å². The summed E-state index contributed by atoms with van der Waals surface area (Å²) in [5.41, 5.74) is 19.5. The number of hydrogen-bond acceptors (Lipinski definition) is 15. The van der Waals surface area contributed by atoms with Crippen molar-refractivity contribution in [1.29, 1.82) is 0 Å². The van der Waals surface area contributed by atoms with Gasteiger partial charge in [-0.15, -0.1) is 24.0 Å². The van der Waals surface area contributed by atoms with E-state index in [2.05, 4.69) is 153 Å². The highest BCUT2D eigenvalue weighted by molar-refractivity contribution is 14.2. The predicted octanol–water partition coefficient (Wildman–Crippen LogP) is 3.57. The third-order valence-electron chi connectivity index (χ3n) is 14.6. The van der Waals surface area contributed by atoms with E-state index in [0.29, 0.717) is 50.0 Å². The zero-order chi connectivity index (χ0) is 66.3. The number of quaternary nitrogens is 1. The standard InChI is InChI=1S/C63H73I2N13O12S/c1-37(13-6-5-10-25-69-34-43(74-68)16-12-27-78(90)49(24-28-79)61(67)87)56-50(32-64)91-51-33-65(4)42(30-46(51)59(56)57-38(2)29-41-19-18-40-14-7-8-17-45(40)58(41)57)15-9-11-26-77-36-44(75-76-77)20-22-52(80)73-48(31-55(84)85)62(88)70-35-53(81)72-47(21-23-54(82)83)63(89)71-39(3)60(66)86/h7-8,13-14,17-19,28,30,33-34,36,38-39,47-49,78H,4,10-12,16,20-27,29,31-32,35H2,1-3H3,(H12,66,67,68,69,70,71,72,73,80,81,82,83,84,85,86,87,88,89)/p-1/b37-13-,59-57+/t38?,39-,47-,48?,49+/m0/s1. The number of aldehydes is 1. The van der Waals surface area contributed by atoms with Crippen molar-refractivity contribution >= 4 is 144 Å². The van der Waals surface area contributed by atoms with E-state index in [4.69, 9.17) is 22.4 Å². The molecule has 6 atom stereocenters. The highest BCUT2D eigenvalue weighted by Crippen LogP contribution is 2.54. The number of aryl methyl sites for hydroxylation is 2. The molecule has 2 aliphatic heterocycles. The van der Waals surface area contributed by atoms with Crippen LogP contribution in [0.2, 0.25) is 0 Å². The molecular formula is C63H72I2N13O12S-. The molecule has 0 saturated heterocycles.